The topological polar surface area (TPSA) is 95.5 Å². The molecule has 0 saturated carbocycles. The SMILES string of the molecule is CC(=O)NCCNC(=O)CC(C)CC(=O)O. The number of hydrogen-bond acceptors (Lipinski definition) is 3. The summed E-state index contributed by atoms with van der Waals surface area (Å²) in [6, 6.07) is 0. The maximum atomic E-state index is 11.3. The van der Waals surface area contributed by atoms with Crippen LogP contribution < -0.4 is 10.6 Å². The molecule has 0 aromatic carbocycles. The van der Waals surface area contributed by atoms with Crippen molar-refractivity contribution in [2.45, 2.75) is 26.7 Å². The Morgan fingerprint density at radius 3 is 2.19 bits per heavy atom. The molecule has 0 heterocycles. The quantitative estimate of drug-likeness (QED) is 0.525. The lowest BCUT2D eigenvalue weighted by molar-refractivity contribution is -0.138. The van der Waals surface area contributed by atoms with Crippen LogP contribution in [0.2, 0.25) is 0 Å². The molecule has 92 valence electrons. The Hall–Kier alpha value is -1.59. The number of rotatable bonds is 7. The first-order valence-electron chi connectivity index (χ1n) is 5.14. The number of aliphatic carboxylic acids is 1. The fourth-order valence-electron chi connectivity index (χ4n) is 1.20. The van der Waals surface area contributed by atoms with E-state index in [4.69, 9.17) is 5.11 Å². The van der Waals surface area contributed by atoms with Crippen LogP contribution in [-0.2, 0) is 14.4 Å². The van der Waals surface area contributed by atoms with Crippen molar-refractivity contribution >= 4 is 17.8 Å². The van der Waals surface area contributed by atoms with Crippen molar-refractivity contribution in [3.05, 3.63) is 0 Å². The predicted octanol–water partition coefficient (Wildman–Crippen LogP) is -0.260. The minimum atomic E-state index is -0.904. The van der Waals surface area contributed by atoms with Gasteiger partial charge in [-0.2, -0.15) is 0 Å². The van der Waals surface area contributed by atoms with E-state index in [1.54, 1.807) is 6.92 Å². The number of carboxylic acid groups (broad SMARTS) is 1. The predicted molar refractivity (Wildman–Crippen MR) is 57.7 cm³/mol. The Morgan fingerprint density at radius 1 is 1.12 bits per heavy atom. The molecule has 16 heavy (non-hydrogen) atoms. The van der Waals surface area contributed by atoms with Crippen molar-refractivity contribution in [1.82, 2.24) is 10.6 Å². The van der Waals surface area contributed by atoms with Gasteiger partial charge in [-0.1, -0.05) is 6.92 Å². The highest BCUT2D eigenvalue weighted by Gasteiger charge is 2.11. The molecule has 6 heteroatoms. The summed E-state index contributed by atoms with van der Waals surface area (Å²) in [5, 5.41) is 13.6. The summed E-state index contributed by atoms with van der Waals surface area (Å²) < 4.78 is 0. The van der Waals surface area contributed by atoms with Gasteiger partial charge < -0.3 is 15.7 Å². The minimum absolute atomic E-state index is 0.0148. The Kier molecular flexibility index (Phi) is 6.91. The molecule has 2 amide bonds. The van der Waals surface area contributed by atoms with Crippen LogP contribution in [0.15, 0.2) is 0 Å². The summed E-state index contributed by atoms with van der Waals surface area (Å²) in [6.45, 7) is 3.85. The molecular weight excluding hydrogens is 212 g/mol. The zero-order chi connectivity index (χ0) is 12.6. The van der Waals surface area contributed by atoms with Crippen LogP contribution in [0.3, 0.4) is 0 Å². The third-order valence-corrected chi connectivity index (χ3v) is 1.88. The van der Waals surface area contributed by atoms with Crippen molar-refractivity contribution < 1.29 is 19.5 Å². The fraction of sp³-hybridized carbons (Fsp3) is 0.700. The first-order valence-corrected chi connectivity index (χ1v) is 5.14. The highest BCUT2D eigenvalue weighted by molar-refractivity contribution is 5.77. The van der Waals surface area contributed by atoms with Crippen molar-refractivity contribution in [3.63, 3.8) is 0 Å². The lowest BCUT2D eigenvalue weighted by atomic mass is 10.0. The van der Waals surface area contributed by atoms with Gasteiger partial charge >= 0.3 is 5.97 Å². The van der Waals surface area contributed by atoms with Gasteiger partial charge in [0.1, 0.15) is 0 Å². The maximum Gasteiger partial charge on any atom is 0.303 e. The van der Waals surface area contributed by atoms with Gasteiger partial charge in [0, 0.05) is 32.9 Å². The largest absolute Gasteiger partial charge is 0.481 e. The highest BCUT2D eigenvalue weighted by atomic mass is 16.4. The molecule has 1 unspecified atom stereocenters. The number of carbonyl (C=O) groups excluding carboxylic acids is 2. The van der Waals surface area contributed by atoms with Crippen LogP contribution in [-0.4, -0.2) is 36.0 Å². The van der Waals surface area contributed by atoms with Gasteiger partial charge in [-0.05, 0) is 5.92 Å². The third-order valence-electron chi connectivity index (χ3n) is 1.88. The smallest absolute Gasteiger partial charge is 0.303 e. The first kappa shape index (κ1) is 14.4. The van der Waals surface area contributed by atoms with E-state index in [-0.39, 0.29) is 30.6 Å². The molecule has 0 aliphatic carbocycles. The molecule has 0 spiro atoms. The zero-order valence-corrected chi connectivity index (χ0v) is 9.58. The van der Waals surface area contributed by atoms with Gasteiger partial charge in [0.25, 0.3) is 0 Å². The lowest BCUT2D eigenvalue weighted by Crippen LogP contribution is -2.34. The number of amides is 2. The van der Waals surface area contributed by atoms with Crippen LogP contribution in [0.25, 0.3) is 0 Å². The fourth-order valence-corrected chi connectivity index (χ4v) is 1.20. The van der Waals surface area contributed by atoms with E-state index in [1.807, 2.05) is 0 Å². The van der Waals surface area contributed by atoms with Gasteiger partial charge in [-0.3, -0.25) is 14.4 Å². The Balaban J connectivity index is 3.58. The molecule has 0 aliphatic rings. The number of carbonyl (C=O) groups is 3. The van der Waals surface area contributed by atoms with Gasteiger partial charge in [0.05, 0.1) is 0 Å². The minimum Gasteiger partial charge on any atom is -0.481 e. The van der Waals surface area contributed by atoms with E-state index in [2.05, 4.69) is 10.6 Å². The van der Waals surface area contributed by atoms with Gasteiger partial charge in [0.15, 0.2) is 0 Å². The molecule has 0 aromatic rings. The second-order valence-corrected chi connectivity index (χ2v) is 3.74. The second kappa shape index (κ2) is 7.67. The zero-order valence-electron chi connectivity index (χ0n) is 9.58. The third kappa shape index (κ3) is 8.98. The number of carboxylic acids is 1. The summed E-state index contributed by atoms with van der Waals surface area (Å²) in [5.41, 5.74) is 0. The van der Waals surface area contributed by atoms with Gasteiger partial charge in [0.2, 0.25) is 11.8 Å². The Labute approximate surface area is 94.4 Å². The van der Waals surface area contributed by atoms with Crippen LogP contribution in [0.4, 0.5) is 0 Å². The average molecular weight is 230 g/mol. The summed E-state index contributed by atoms with van der Waals surface area (Å²) in [7, 11) is 0. The molecule has 0 saturated heterocycles. The van der Waals surface area contributed by atoms with Gasteiger partial charge in [-0.25, -0.2) is 0 Å². The lowest BCUT2D eigenvalue weighted by Gasteiger charge is -2.09. The highest BCUT2D eigenvalue weighted by Crippen LogP contribution is 2.06. The van der Waals surface area contributed by atoms with E-state index in [0.29, 0.717) is 13.1 Å². The van der Waals surface area contributed by atoms with Crippen molar-refractivity contribution in [2.24, 2.45) is 5.92 Å². The molecule has 0 bridgehead atoms. The summed E-state index contributed by atoms with van der Waals surface area (Å²) >= 11 is 0. The molecule has 1 atom stereocenters. The van der Waals surface area contributed by atoms with E-state index in [1.165, 1.54) is 6.92 Å². The first-order chi connectivity index (χ1) is 7.41. The second-order valence-electron chi connectivity index (χ2n) is 3.74. The maximum absolute atomic E-state index is 11.3. The van der Waals surface area contributed by atoms with Crippen LogP contribution in [0.1, 0.15) is 26.7 Å². The average Bonchev–Trinajstić information content (AvgIpc) is 2.10. The van der Waals surface area contributed by atoms with Crippen molar-refractivity contribution in [1.29, 1.82) is 0 Å². The van der Waals surface area contributed by atoms with Crippen LogP contribution >= 0.6 is 0 Å². The van der Waals surface area contributed by atoms with E-state index in [0.717, 1.165) is 0 Å². The molecule has 6 nitrogen and oxygen atoms in total. The van der Waals surface area contributed by atoms with E-state index in [9.17, 15) is 14.4 Å². The standard InChI is InChI=1S/C10H18N2O4/c1-7(6-10(15)16)5-9(14)12-4-3-11-8(2)13/h7H,3-6H2,1-2H3,(H,11,13)(H,12,14)(H,15,16). The normalized spacial score (nSPS) is 11.6. The molecule has 0 radical (unpaired) electrons. The van der Waals surface area contributed by atoms with Crippen LogP contribution in [0, 0.1) is 5.92 Å². The van der Waals surface area contributed by atoms with Gasteiger partial charge in [-0.15, -0.1) is 0 Å². The molecular formula is C10H18N2O4. The molecule has 3 N–H and O–H groups in total. The molecule has 0 rings (SSSR count). The summed E-state index contributed by atoms with van der Waals surface area (Å²) in [5.74, 6) is -1.43. The number of hydrogen-bond donors (Lipinski definition) is 3. The molecule has 0 aromatic heterocycles. The van der Waals surface area contributed by atoms with Crippen molar-refractivity contribution in [3.8, 4) is 0 Å². The van der Waals surface area contributed by atoms with E-state index < -0.39 is 5.97 Å². The Morgan fingerprint density at radius 2 is 1.69 bits per heavy atom. The number of nitrogens with one attached hydrogen (secondary N) is 2. The monoisotopic (exact) mass is 230 g/mol. The van der Waals surface area contributed by atoms with E-state index >= 15 is 0 Å². The van der Waals surface area contributed by atoms with Crippen LogP contribution in [0.5, 0.6) is 0 Å². The Bertz CT molecular complexity index is 266. The van der Waals surface area contributed by atoms with Crippen molar-refractivity contribution in [2.75, 3.05) is 13.1 Å². The summed E-state index contributed by atoms with van der Waals surface area (Å²) in [6.07, 6.45) is 0.172. The summed E-state index contributed by atoms with van der Waals surface area (Å²) in [4.78, 5) is 32.1. The molecule has 0 aliphatic heterocycles. The molecule has 0 fully saturated rings.